The number of amides is 1. The molecule has 0 fully saturated rings. The van der Waals surface area contributed by atoms with Gasteiger partial charge in [-0.05, 0) is 41.1 Å². The van der Waals surface area contributed by atoms with Crippen molar-refractivity contribution in [3.63, 3.8) is 0 Å². The summed E-state index contributed by atoms with van der Waals surface area (Å²) < 4.78 is 7.23. The zero-order valence-corrected chi connectivity index (χ0v) is 12.9. The first-order valence-electron chi connectivity index (χ1n) is 6.17. The fraction of sp³-hybridized carbons (Fsp3) is 0.286. The quantitative estimate of drug-likeness (QED) is 0.931. The second kappa shape index (κ2) is 6.09. The lowest BCUT2D eigenvalue weighted by Gasteiger charge is -2.07. The molecule has 0 saturated heterocycles. The second-order valence-electron chi connectivity index (χ2n) is 4.55. The van der Waals surface area contributed by atoms with Crippen LogP contribution in [-0.2, 0) is 18.3 Å². The number of pyridine rings is 1. The van der Waals surface area contributed by atoms with E-state index in [0.717, 1.165) is 11.5 Å². The molecule has 20 heavy (non-hydrogen) atoms. The van der Waals surface area contributed by atoms with Crippen LogP contribution in [0, 0.1) is 6.92 Å². The Morgan fingerprint density at radius 1 is 1.45 bits per heavy atom. The highest BCUT2D eigenvalue weighted by atomic mass is 79.9. The van der Waals surface area contributed by atoms with E-state index < -0.39 is 0 Å². The Morgan fingerprint density at radius 3 is 2.80 bits per heavy atom. The molecule has 1 N–H and O–H groups in total. The van der Waals surface area contributed by atoms with Crippen molar-refractivity contribution in [3.05, 3.63) is 50.7 Å². The Bertz CT molecular complexity index is 662. The van der Waals surface area contributed by atoms with E-state index in [2.05, 4.69) is 21.2 Å². The summed E-state index contributed by atoms with van der Waals surface area (Å²) in [6.45, 7) is 1.87. The maximum Gasteiger partial charge on any atom is 0.264 e. The van der Waals surface area contributed by atoms with E-state index in [9.17, 15) is 9.59 Å². The fourth-order valence-electron chi connectivity index (χ4n) is 1.82. The van der Waals surface area contributed by atoms with Crippen molar-refractivity contribution in [2.75, 3.05) is 5.32 Å². The van der Waals surface area contributed by atoms with Gasteiger partial charge in [0.05, 0.1) is 10.2 Å². The van der Waals surface area contributed by atoms with Gasteiger partial charge in [0.2, 0.25) is 5.91 Å². The molecule has 0 radical (unpaired) electrons. The highest BCUT2D eigenvalue weighted by molar-refractivity contribution is 9.10. The van der Waals surface area contributed by atoms with Crippen molar-refractivity contribution in [1.82, 2.24) is 4.57 Å². The minimum absolute atomic E-state index is 0.121. The van der Waals surface area contributed by atoms with Crippen LogP contribution in [0.25, 0.3) is 0 Å². The summed E-state index contributed by atoms with van der Waals surface area (Å²) in [5.74, 6) is 1.51. The molecule has 0 saturated carbocycles. The molecule has 0 bridgehead atoms. The van der Waals surface area contributed by atoms with Crippen molar-refractivity contribution in [2.45, 2.75) is 19.8 Å². The van der Waals surface area contributed by atoms with Crippen LogP contribution in [0.1, 0.15) is 17.9 Å². The molecule has 0 atom stereocenters. The van der Waals surface area contributed by atoms with Gasteiger partial charge in [-0.25, -0.2) is 0 Å². The van der Waals surface area contributed by atoms with Gasteiger partial charge < -0.3 is 14.3 Å². The van der Waals surface area contributed by atoms with Crippen LogP contribution < -0.4 is 10.9 Å². The van der Waals surface area contributed by atoms with E-state index in [1.807, 2.05) is 19.1 Å². The van der Waals surface area contributed by atoms with E-state index in [4.69, 9.17) is 4.42 Å². The maximum atomic E-state index is 11.8. The first-order chi connectivity index (χ1) is 9.45. The molecule has 106 valence electrons. The lowest BCUT2D eigenvalue weighted by Crippen LogP contribution is -2.19. The molecule has 5 nitrogen and oxygen atoms in total. The monoisotopic (exact) mass is 338 g/mol. The summed E-state index contributed by atoms with van der Waals surface area (Å²) >= 11 is 3.17. The Kier molecular flexibility index (Phi) is 4.44. The SMILES string of the molecule is Cc1ccc(CCC(=O)Nc2cc(Br)c(=O)n(C)c2)o1. The standard InChI is InChI=1S/C14H15BrN2O3/c1-9-3-4-11(20-9)5-6-13(18)16-10-7-12(15)14(19)17(2)8-10/h3-4,7-8H,5-6H2,1-2H3,(H,16,18). The van der Waals surface area contributed by atoms with Crippen molar-refractivity contribution in [1.29, 1.82) is 0 Å². The topological polar surface area (TPSA) is 64.2 Å². The highest BCUT2D eigenvalue weighted by Gasteiger charge is 2.07. The molecule has 0 spiro atoms. The molecular formula is C14H15BrN2O3. The Hall–Kier alpha value is -1.82. The van der Waals surface area contributed by atoms with Gasteiger partial charge >= 0.3 is 0 Å². The number of carbonyl (C=O) groups is 1. The molecule has 2 aromatic rings. The van der Waals surface area contributed by atoms with Crippen LogP contribution in [0.3, 0.4) is 0 Å². The number of hydrogen-bond donors (Lipinski definition) is 1. The van der Waals surface area contributed by atoms with Crippen molar-refractivity contribution >= 4 is 27.5 Å². The molecule has 0 aliphatic rings. The number of halogens is 1. The van der Waals surface area contributed by atoms with Gasteiger partial charge in [0.15, 0.2) is 0 Å². The van der Waals surface area contributed by atoms with Crippen molar-refractivity contribution < 1.29 is 9.21 Å². The third-order valence-electron chi connectivity index (χ3n) is 2.82. The average molecular weight is 339 g/mol. The van der Waals surface area contributed by atoms with Crippen LogP contribution in [0.5, 0.6) is 0 Å². The number of aryl methyl sites for hydroxylation is 3. The summed E-state index contributed by atoms with van der Waals surface area (Å²) in [5, 5.41) is 2.76. The lowest BCUT2D eigenvalue weighted by molar-refractivity contribution is -0.116. The van der Waals surface area contributed by atoms with E-state index >= 15 is 0 Å². The summed E-state index contributed by atoms with van der Waals surface area (Å²) in [6.07, 6.45) is 2.46. The summed E-state index contributed by atoms with van der Waals surface area (Å²) in [4.78, 5) is 23.4. The van der Waals surface area contributed by atoms with Gasteiger partial charge in [0.1, 0.15) is 11.5 Å². The first kappa shape index (κ1) is 14.6. The van der Waals surface area contributed by atoms with Gasteiger partial charge in [0, 0.05) is 26.1 Å². The fourth-order valence-corrected chi connectivity index (χ4v) is 2.35. The number of rotatable bonds is 4. The van der Waals surface area contributed by atoms with E-state index in [1.165, 1.54) is 4.57 Å². The molecule has 0 aliphatic heterocycles. The van der Waals surface area contributed by atoms with Gasteiger partial charge in [-0.3, -0.25) is 9.59 Å². The van der Waals surface area contributed by atoms with Gasteiger partial charge in [-0.1, -0.05) is 0 Å². The molecular weight excluding hydrogens is 324 g/mol. The zero-order chi connectivity index (χ0) is 14.7. The van der Waals surface area contributed by atoms with Gasteiger partial charge in [0.25, 0.3) is 5.56 Å². The van der Waals surface area contributed by atoms with Gasteiger partial charge in [-0.2, -0.15) is 0 Å². The Morgan fingerprint density at radius 2 is 2.20 bits per heavy atom. The minimum atomic E-state index is -0.144. The molecule has 1 amide bonds. The molecule has 0 unspecified atom stereocenters. The third-order valence-corrected chi connectivity index (χ3v) is 3.39. The highest BCUT2D eigenvalue weighted by Crippen LogP contribution is 2.13. The van der Waals surface area contributed by atoms with Crippen LogP contribution in [0.15, 0.2) is 38.1 Å². The normalized spacial score (nSPS) is 10.6. The van der Waals surface area contributed by atoms with E-state index in [0.29, 0.717) is 23.0 Å². The van der Waals surface area contributed by atoms with Crippen LogP contribution in [-0.4, -0.2) is 10.5 Å². The number of hydrogen-bond acceptors (Lipinski definition) is 3. The molecule has 2 aromatic heterocycles. The number of nitrogens with zero attached hydrogens (tertiary/aromatic N) is 1. The summed E-state index contributed by atoms with van der Waals surface area (Å²) in [6, 6.07) is 5.33. The van der Waals surface area contributed by atoms with Crippen molar-refractivity contribution in [2.24, 2.45) is 7.05 Å². The van der Waals surface area contributed by atoms with Crippen LogP contribution in [0.4, 0.5) is 5.69 Å². The van der Waals surface area contributed by atoms with Crippen molar-refractivity contribution in [3.8, 4) is 0 Å². The number of anilines is 1. The predicted octanol–water partition coefficient (Wildman–Crippen LogP) is 2.62. The second-order valence-corrected chi connectivity index (χ2v) is 5.41. The van der Waals surface area contributed by atoms with E-state index in [1.54, 1.807) is 19.3 Å². The summed E-state index contributed by atoms with van der Waals surface area (Å²) in [7, 11) is 1.63. The van der Waals surface area contributed by atoms with Gasteiger partial charge in [-0.15, -0.1) is 0 Å². The largest absolute Gasteiger partial charge is 0.466 e. The molecule has 2 heterocycles. The number of furan rings is 1. The number of aromatic nitrogens is 1. The Labute approximate surface area is 124 Å². The van der Waals surface area contributed by atoms with Crippen LogP contribution >= 0.6 is 15.9 Å². The summed E-state index contributed by atoms with van der Waals surface area (Å²) in [5.41, 5.74) is 0.439. The van der Waals surface area contributed by atoms with Crippen LogP contribution in [0.2, 0.25) is 0 Å². The molecule has 0 aromatic carbocycles. The smallest absolute Gasteiger partial charge is 0.264 e. The Balaban J connectivity index is 1.96. The first-order valence-corrected chi connectivity index (χ1v) is 6.96. The molecule has 2 rings (SSSR count). The van der Waals surface area contributed by atoms with E-state index in [-0.39, 0.29) is 11.5 Å². The number of carbonyl (C=O) groups excluding carboxylic acids is 1. The average Bonchev–Trinajstić information content (AvgIpc) is 2.79. The molecule has 6 heteroatoms. The minimum Gasteiger partial charge on any atom is -0.466 e. The zero-order valence-electron chi connectivity index (χ0n) is 11.3. The predicted molar refractivity (Wildman–Crippen MR) is 79.8 cm³/mol. The maximum absolute atomic E-state index is 11.8. The lowest BCUT2D eigenvalue weighted by atomic mass is 10.2. The molecule has 0 aliphatic carbocycles. The third kappa shape index (κ3) is 3.60. The number of nitrogens with one attached hydrogen (secondary N) is 1.